The molecule has 1 aromatic heterocycles. The Bertz CT molecular complexity index is 585. The molecule has 2 aromatic rings. The summed E-state index contributed by atoms with van der Waals surface area (Å²) in [6, 6.07) is 5.77. The first-order valence-corrected chi connectivity index (χ1v) is 6.53. The smallest absolute Gasteiger partial charge is 0.251 e. The summed E-state index contributed by atoms with van der Waals surface area (Å²) in [6.45, 7) is 4.56. The highest BCUT2D eigenvalue weighted by Gasteiger charge is 2.09. The molecule has 0 radical (unpaired) electrons. The summed E-state index contributed by atoms with van der Waals surface area (Å²) >= 11 is 0. The van der Waals surface area contributed by atoms with E-state index in [-0.39, 0.29) is 24.4 Å². The predicted molar refractivity (Wildman–Crippen MR) is 84.2 cm³/mol. The molecule has 0 fully saturated rings. The van der Waals surface area contributed by atoms with Gasteiger partial charge in [0, 0.05) is 18.2 Å². The van der Waals surface area contributed by atoms with Gasteiger partial charge in [-0.1, -0.05) is 0 Å². The van der Waals surface area contributed by atoms with Gasteiger partial charge in [0.05, 0.1) is 5.69 Å². The number of halogens is 1. The monoisotopic (exact) mass is 309 g/mol. The number of likely N-dealkylation sites (N-methyl/N-ethyl adjacent to an activating group) is 1. The van der Waals surface area contributed by atoms with Crippen LogP contribution in [-0.2, 0) is 0 Å². The van der Waals surface area contributed by atoms with Gasteiger partial charge in [0.15, 0.2) is 0 Å². The molecule has 1 heterocycles. The molecule has 1 unspecified atom stereocenters. The van der Waals surface area contributed by atoms with E-state index in [4.69, 9.17) is 0 Å². The normalized spacial score (nSPS) is 11.6. The number of nitrogens with one attached hydrogen (secondary N) is 2. The average Bonchev–Trinajstić information content (AvgIpc) is 2.98. The van der Waals surface area contributed by atoms with Crippen molar-refractivity contribution in [1.82, 2.24) is 25.4 Å². The maximum atomic E-state index is 12.0. The number of nitrogens with zero attached hydrogens (tertiary/aromatic N) is 3. The average molecular weight is 310 g/mol. The quantitative estimate of drug-likeness (QED) is 0.874. The van der Waals surface area contributed by atoms with Crippen molar-refractivity contribution in [3.63, 3.8) is 0 Å². The van der Waals surface area contributed by atoms with Gasteiger partial charge in [-0.25, -0.2) is 9.67 Å². The van der Waals surface area contributed by atoms with E-state index >= 15 is 0 Å². The first kappa shape index (κ1) is 17.1. The summed E-state index contributed by atoms with van der Waals surface area (Å²) in [6.07, 6.45) is 3.12. The molecule has 0 aliphatic carbocycles. The Balaban J connectivity index is 0.00000220. The number of rotatable bonds is 5. The lowest BCUT2D eigenvalue weighted by Crippen LogP contribution is -2.37. The number of benzene rings is 1. The minimum Gasteiger partial charge on any atom is -0.350 e. The van der Waals surface area contributed by atoms with E-state index in [9.17, 15) is 4.79 Å². The van der Waals surface area contributed by atoms with Gasteiger partial charge in [-0.05, 0) is 44.7 Å². The van der Waals surface area contributed by atoms with Crippen molar-refractivity contribution in [1.29, 1.82) is 0 Å². The molecule has 114 valence electrons. The Kier molecular flexibility index (Phi) is 6.33. The summed E-state index contributed by atoms with van der Waals surface area (Å²) < 4.78 is 1.68. The van der Waals surface area contributed by atoms with Crippen LogP contribution in [0.15, 0.2) is 30.9 Å². The van der Waals surface area contributed by atoms with Crippen LogP contribution in [0.25, 0.3) is 5.69 Å². The van der Waals surface area contributed by atoms with E-state index in [2.05, 4.69) is 20.7 Å². The SMILES string of the molecule is CNC(C)CNC(=O)c1ccc(-n2cncn2)c(C)c1.Cl. The van der Waals surface area contributed by atoms with Gasteiger partial charge in [-0.15, -0.1) is 12.4 Å². The second-order valence-corrected chi connectivity index (χ2v) is 4.74. The third-order valence-electron chi connectivity index (χ3n) is 3.19. The number of hydrogen-bond donors (Lipinski definition) is 2. The van der Waals surface area contributed by atoms with Crippen LogP contribution in [0.1, 0.15) is 22.8 Å². The van der Waals surface area contributed by atoms with Gasteiger partial charge in [-0.2, -0.15) is 5.10 Å². The highest BCUT2D eigenvalue weighted by Crippen LogP contribution is 2.14. The zero-order valence-corrected chi connectivity index (χ0v) is 13.1. The van der Waals surface area contributed by atoms with E-state index in [1.54, 1.807) is 17.1 Å². The number of hydrogen-bond acceptors (Lipinski definition) is 4. The molecule has 0 saturated heterocycles. The lowest BCUT2D eigenvalue weighted by atomic mass is 10.1. The molecule has 0 aliphatic heterocycles. The number of aryl methyl sites for hydroxylation is 1. The highest BCUT2D eigenvalue weighted by atomic mass is 35.5. The van der Waals surface area contributed by atoms with E-state index in [1.165, 1.54) is 6.33 Å². The zero-order chi connectivity index (χ0) is 14.5. The summed E-state index contributed by atoms with van der Waals surface area (Å²) in [5.74, 6) is -0.0691. The topological polar surface area (TPSA) is 71.8 Å². The Labute approximate surface area is 130 Å². The third-order valence-corrected chi connectivity index (χ3v) is 3.19. The van der Waals surface area contributed by atoms with Gasteiger partial charge >= 0.3 is 0 Å². The van der Waals surface area contributed by atoms with Gasteiger partial charge in [0.2, 0.25) is 0 Å². The van der Waals surface area contributed by atoms with Gasteiger partial charge in [-0.3, -0.25) is 4.79 Å². The Morgan fingerprint density at radius 3 is 2.76 bits per heavy atom. The van der Waals surface area contributed by atoms with Crippen molar-refractivity contribution in [3.05, 3.63) is 42.0 Å². The number of carbonyl (C=O) groups is 1. The van der Waals surface area contributed by atoms with E-state index < -0.39 is 0 Å². The molecule has 21 heavy (non-hydrogen) atoms. The number of amides is 1. The summed E-state index contributed by atoms with van der Waals surface area (Å²) in [4.78, 5) is 16.0. The lowest BCUT2D eigenvalue weighted by molar-refractivity contribution is 0.0950. The Morgan fingerprint density at radius 1 is 1.43 bits per heavy atom. The zero-order valence-electron chi connectivity index (χ0n) is 12.3. The molecule has 0 saturated carbocycles. The van der Waals surface area contributed by atoms with Crippen LogP contribution in [-0.4, -0.2) is 40.3 Å². The largest absolute Gasteiger partial charge is 0.350 e. The van der Waals surface area contributed by atoms with Crippen LogP contribution >= 0.6 is 12.4 Å². The minimum absolute atomic E-state index is 0. The summed E-state index contributed by atoms with van der Waals surface area (Å²) in [5.41, 5.74) is 2.54. The van der Waals surface area contributed by atoms with Gasteiger partial charge in [0.1, 0.15) is 12.7 Å². The van der Waals surface area contributed by atoms with Crippen LogP contribution in [0, 0.1) is 6.92 Å². The molecule has 0 aliphatic rings. The van der Waals surface area contributed by atoms with E-state index in [0.717, 1.165) is 11.3 Å². The molecular formula is C14H20ClN5O. The van der Waals surface area contributed by atoms with E-state index in [0.29, 0.717) is 12.1 Å². The van der Waals surface area contributed by atoms with Gasteiger partial charge in [0.25, 0.3) is 5.91 Å². The summed E-state index contributed by atoms with van der Waals surface area (Å²) in [5, 5.41) is 10.1. The van der Waals surface area contributed by atoms with Crippen LogP contribution in [0.5, 0.6) is 0 Å². The van der Waals surface area contributed by atoms with Gasteiger partial charge < -0.3 is 10.6 Å². The Morgan fingerprint density at radius 2 is 2.19 bits per heavy atom. The second kappa shape index (κ2) is 7.75. The molecule has 0 bridgehead atoms. The second-order valence-electron chi connectivity index (χ2n) is 4.74. The van der Waals surface area contributed by atoms with Crippen molar-refractivity contribution < 1.29 is 4.79 Å². The first-order valence-electron chi connectivity index (χ1n) is 6.53. The fraction of sp³-hybridized carbons (Fsp3) is 0.357. The van der Waals surface area contributed by atoms with Crippen molar-refractivity contribution >= 4 is 18.3 Å². The predicted octanol–water partition coefficient (Wildman–Crippen LogP) is 1.34. The molecule has 1 amide bonds. The highest BCUT2D eigenvalue weighted by molar-refractivity contribution is 5.94. The molecule has 1 aromatic carbocycles. The van der Waals surface area contributed by atoms with E-state index in [1.807, 2.05) is 33.0 Å². The lowest BCUT2D eigenvalue weighted by Gasteiger charge is -2.12. The van der Waals surface area contributed by atoms with Crippen molar-refractivity contribution in [2.45, 2.75) is 19.9 Å². The van der Waals surface area contributed by atoms with Crippen molar-refractivity contribution in [3.8, 4) is 5.69 Å². The fourth-order valence-electron chi connectivity index (χ4n) is 1.84. The van der Waals surface area contributed by atoms with Crippen LogP contribution in [0.2, 0.25) is 0 Å². The first-order chi connectivity index (χ1) is 9.61. The van der Waals surface area contributed by atoms with Crippen molar-refractivity contribution in [2.24, 2.45) is 0 Å². The third kappa shape index (κ3) is 4.27. The maximum Gasteiger partial charge on any atom is 0.251 e. The fourth-order valence-corrected chi connectivity index (χ4v) is 1.84. The number of aromatic nitrogens is 3. The van der Waals surface area contributed by atoms with Crippen LogP contribution in [0.4, 0.5) is 0 Å². The van der Waals surface area contributed by atoms with Crippen LogP contribution < -0.4 is 10.6 Å². The molecule has 0 spiro atoms. The molecule has 2 N–H and O–H groups in total. The maximum absolute atomic E-state index is 12.0. The molecular weight excluding hydrogens is 290 g/mol. The molecule has 1 atom stereocenters. The summed E-state index contributed by atoms with van der Waals surface area (Å²) in [7, 11) is 1.87. The molecule has 6 nitrogen and oxygen atoms in total. The Hall–Kier alpha value is -1.92. The standard InChI is InChI=1S/C14H19N5O.ClH/c1-10-6-12(14(20)17-7-11(2)15-3)4-5-13(10)19-9-16-8-18-19;/h4-6,8-9,11,15H,7H2,1-3H3,(H,17,20);1H. The number of carbonyl (C=O) groups excluding carboxylic acids is 1. The molecule has 7 heteroatoms. The molecule has 2 rings (SSSR count). The van der Waals surface area contributed by atoms with Crippen molar-refractivity contribution in [2.75, 3.05) is 13.6 Å². The van der Waals surface area contributed by atoms with Crippen LogP contribution in [0.3, 0.4) is 0 Å². The minimum atomic E-state index is -0.0691.